The van der Waals surface area contributed by atoms with Crippen LogP contribution in [-0.4, -0.2) is 19.6 Å². The van der Waals surface area contributed by atoms with Crippen LogP contribution in [0.15, 0.2) is 42.5 Å². The van der Waals surface area contributed by atoms with Crippen molar-refractivity contribution in [2.24, 2.45) is 0 Å². The number of amides is 1. The minimum Gasteiger partial charge on any atom is -0.495 e. The third-order valence-corrected chi connectivity index (χ3v) is 3.95. The normalized spacial score (nSPS) is 10.4. The van der Waals surface area contributed by atoms with Crippen LogP contribution in [0.2, 0.25) is 5.02 Å². The largest absolute Gasteiger partial charge is 0.495 e. The molecule has 0 saturated heterocycles. The van der Waals surface area contributed by atoms with Crippen molar-refractivity contribution in [2.75, 3.05) is 19.0 Å². The van der Waals surface area contributed by atoms with E-state index in [0.717, 1.165) is 18.6 Å². The molecule has 5 heteroatoms. The Hall–Kier alpha value is -2.20. The third kappa shape index (κ3) is 6.31. The lowest BCUT2D eigenvalue weighted by molar-refractivity contribution is -0.116. The van der Waals surface area contributed by atoms with Gasteiger partial charge in [-0.3, -0.25) is 4.79 Å². The summed E-state index contributed by atoms with van der Waals surface area (Å²) in [5.41, 5.74) is 1.89. The Bertz CT molecular complexity index is 686. The van der Waals surface area contributed by atoms with E-state index in [1.165, 1.54) is 5.56 Å². The molecule has 0 spiro atoms. The van der Waals surface area contributed by atoms with Gasteiger partial charge >= 0.3 is 0 Å². The number of methoxy groups -OCH3 is 1. The van der Waals surface area contributed by atoms with Crippen LogP contribution in [0.5, 0.6) is 11.5 Å². The fourth-order valence-electron chi connectivity index (χ4n) is 2.45. The van der Waals surface area contributed by atoms with Crippen molar-refractivity contribution in [3.63, 3.8) is 0 Å². The molecule has 2 aromatic carbocycles. The van der Waals surface area contributed by atoms with Crippen molar-refractivity contribution >= 4 is 23.2 Å². The molecular weight excluding hydrogens is 338 g/mol. The van der Waals surface area contributed by atoms with Gasteiger partial charge in [-0.2, -0.15) is 0 Å². The summed E-state index contributed by atoms with van der Waals surface area (Å²) in [5, 5.41) is 3.37. The predicted molar refractivity (Wildman–Crippen MR) is 102 cm³/mol. The highest BCUT2D eigenvalue weighted by molar-refractivity contribution is 6.31. The number of carbonyl (C=O) groups is 1. The average Bonchev–Trinajstić information content (AvgIpc) is 2.60. The van der Waals surface area contributed by atoms with Gasteiger partial charge in [-0.05, 0) is 48.7 Å². The molecule has 0 aromatic heterocycles. The topological polar surface area (TPSA) is 47.6 Å². The highest BCUT2D eigenvalue weighted by Gasteiger charge is 2.08. The monoisotopic (exact) mass is 361 g/mol. The number of halogens is 1. The number of hydrogen-bond donors (Lipinski definition) is 1. The Morgan fingerprint density at radius 2 is 1.92 bits per heavy atom. The number of hydrogen-bond acceptors (Lipinski definition) is 3. The number of nitrogens with one attached hydrogen (secondary N) is 1. The molecule has 0 radical (unpaired) electrons. The quantitative estimate of drug-likeness (QED) is 0.632. The van der Waals surface area contributed by atoms with Crippen LogP contribution >= 0.6 is 11.6 Å². The molecule has 0 atom stereocenters. The minimum absolute atomic E-state index is 0.0949. The smallest absolute Gasteiger partial charge is 0.224 e. The number of aryl methyl sites for hydroxylation is 1. The summed E-state index contributed by atoms with van der Waals surface area (Å²) in [7, 11) is 1.55. The standard InChI is InChI=1S/C20H24ClNO3/c1-3-5-15-7-10-17(11-8-15)25-13-4-6-20(23)22-18-14-16(21)9-12-19(18)24-2/h7-12,14H,3-6,13H2,1-2H3,(H,22,23). The summed E-state index contributed by atoms with van der Waals surface area (Å²) in [4.78, 5) is 12.1. The lowest BCUT2D eigenvalue weighted by atomic mass is 10.1. The van der Waals surface area contributed by atoms with Crippen LogP contribution in [0.25, 0.3) is 0 Å². The Labute approximate surface area is 154 Å². The van der Waals surface area contributed by atoms with Gasteiger partial charge in [0, 0.05) is 11.4 Å². The zero-order chi connectivity index (χ0) is 18.1. The number of rotatable bonds is 9. The van der Waals surface area contributed by atoms with Gasteiger partial charge in [-0.1, -0.05) is 37.1 Å². The molecule has 0 bridgehead atoms. The second kappa shape index (κ2) is 9.94. The first-order valence-electron chi connectivity index (χ1n) is 8.47. The number of ether oxygens (including phenoxy) is 2. The van der Waals surface area contributed by atoms with Gasteiger partial charge in [0.2, 0.25) is 5.91 Å². The second-order valence-electron chi connectivity index (χ2n) is 5.74. The maximum atomic E-state index is 12.1. The van der Waals surface area contributed by atoms with Crippen molar-refractivity contribution < 1.29 is 14.3 Å². The molecule has 25 heavy (non-hydrogen) atoms. The fraction of sp³-hybridized carbons (Fsp3) is 0.350. The molecule has 0 fully saturated rings. The summed E-state index contributed by atoms with van der Waals surface area (Å²) in [6.07, 6.45) is 3.20. The molecular formula is C20H24ClNO3. The van der Waals surface area contributed by atoms with Crippen LogP contribution < -0.4 is 14.8 Å². The van der Waals surface area contributed by atoms with Crippen LogP contribution in [-0.2, 0) is 11.2 Å². The van der Waals surface area contributed by atoms with Gasteiger partial charge in [0.15, 0.2) is 0 Å². The van der Waals surface area contributed by atoms with Crippen molar-refractivity contribution in [2.45, 2.75) is 32.6 Å². The van der Waals surface area contributed by atoms with E-state index in [4.69, 9.17) is 21.1 Å². The average molecular weight is 362 g/mol. The molecule has 134 valence electrons. The Morgan fingerprint density at radius 1 is 1.16 bits per heavy atom. The van der Waals surface area contributed by atoms with Gasteiger partial charge in [0.05, 0.1) is 19.4 Å². The first-order chi connectivity index (χ1) is 12.1. The van der Waals surface area contributed by atoms with Crippen LogP contribution in [0.4, 0.5) is 5.69 Å². The summed E-state index contributed by atoms with van der Waals surface area (Å²) in [6, 6.07) is 13.2. The Balaban J connectivity index is 1.74. The maximum Gasteiger partial charge on any atom is 0.224 e. The van der Waals surface area contributed by atoms with Crippen molar-refractivity contribution in [3.8, 4) is 11.5 Å². The summed E-state index contributed by atoms with van der Waals surface area (Å²) in [5.74, 6) is 1.32. The molecule has 0 saturated carbocycles. The van der Waals surface area contributed by atoms with Gasteiger partial charge < -0.3 is 14.8 Å². The highest BCUT2D eigenvalue weighted by atomic mass is 35.5. The zero-order valence-electron chi connectivity index (χ0n) is 14.7. The summed E-state index contributed by atoms with van der Waals surface area (Å²) < 4.78 is 10.9. The molecule has 4 nitrogen and oxygen atoms in total. The van der Waals surface area contributed by atoms with E-state index in [1.807, 2.05) is 12.1 Å². The van der Waals surface area contributed by atoms with E-state index in [1.54, 1.807) is 25.3 Å². The third-order valence-electron chi connectivity index (χ3n) is 3.71. The number of benzene rings is 2. The van der Waals surface area contributed by atoms with E-state index >= 15 is 0 Å². The Morgan fingerprint density at radius 3 is 2.60 bits per heavy atom. The van der Waals surface area contributed by atoms with E-state index in [9.17, 15) is 4.79 Å². The first-order valence-corrected chi connectivity index (χ1v) is 8.85. The molecule has 0 aliphatic carbocycles. The SMILES string of the molecule is CCCc1ccc(OCCCC(=O)Nc2cc(Cl)ccc2OC)cc1. The zero-order valence-corrected chi connectivity index (χ0v) is 15.4. The van der Waals surface area contributed by atoms with Gasteiger partial charge in [0.25, 0.3) is 0 Å². The van der Waals surface area contributed by atoms with Crippen LogP contribution in [0.3, 0.4) is 0 Å². The molecule has 0 heterocycles. The second-order valence-corrected chi connectivity index (χ2v) is 6.18. The van der Waals surface area contributed by atoms with Crippen LogP contribution in [0.1, 0.15) is 31.7 Å². The number of carbonyl (C=O) groups excluding carboxylic acids is 1. The van der Waals surface area contributed by atoms with Crippen molar-refractivity contribution in [1.82, 2.24) is 0 Å². The molecule has 1 amide bonds. The first kappa shape index (κ1) is 19.1. The fourth-order valence-corrected chi connectivity index (χ4v) is 2.63. The lowest BCUT2D eigenvalue weighted by Gasteiger charge is -2.11. The molecule has 1 N–H and O–H groups in total. The summed E-state index contributed by atoms with van der Waals surface area (Å²) in [6.45, 7) is 2.65. The minimum atomic E-state index is -0.0949. The molecule has 0 aliphatic heterocycles. The van der Waals surface area contributed by atoms with Crippen molar-refractivity contribution in [1.29, 1.82) is 0 Å². The lowest BCUT2D eigenvalue weighted by Crippen LogP contribution is -2.13. The van der Waals surface area contributed by atoms with E-state index < -0.39 is 0 Å². The Kier molecular flexibility index (Phi) is 7.61. The van der Waals surface area contributed by atoms with Gasteiger partial charge in [-0.25, -0.2) is 0 Å². The number of anilines is 1. The van der Waals surface area contributed by atoms with E-state index in [0.29, 0.717) is 35.9 Å². The summed E-state index contributed by atoms with van der Waals surface area (Å²) >= 11 is 5.96. The molecule has 2 rings (SSSR count). The van der Waals surface area contributed by atoms with E-state index in [2.05, 4.69) is 24.4 Å². The van der Waals surface area contributed by atoms with Crippen molar-refractivity contribution in [3.05, 3.63) is 53.1 Å². The highest BCUT2D eigenvalue weighted by Crippen LogP contribution is 2.27. The van der Waals surface area contributed by atoms with E-state index in [-0.39, 0.29) is 5.91 Å². The van der Waals surface area contributed by atoms with Gasteiger partial charge in [-0.15, -0.1) is 0 Å². The van der Waals surface area contributed by atoms with Crippen LogP contribution in [0, 0.1) is 0 Å². The van der Waals surface area contributed by atoms with Gasteiger partial charge in [0.1, 0.15) is 11.5 Å². The molecule has 0 aliphatic rings. The predicted octanol–water partition coefficient (Wildman–Crippen LogP) is 5.10. The maximum absolute atomic E-state index is 12.1. The molecule has 0 unspecified atom stereocenters. The molecule has 2 aromatic rings.